The second-order valence-electron chi connectivity index (χ2n) is 7.53. The lowest BCUT2D eigenvalue weighted by Crippen LogP contribution is -2.47. The van der Waals surface area contributed by atoms with E-state index in [1.807, 2.05) is 38.1 Å². The van der Waals surface area contributed by atoms with Gasteiger partial charge in [0.15, 0.2) is 0 Å². The standard InChI is InChI=1S/C20H25ClN4O2/c1-13-9-25(10-14(2)27-13)20-22-18-12-24(8-7-16(18)19(26)23-20)11-15-5-3-4-6-17(15)21/h3-6,13-14H,7-12H2,1-2H3,(H,22,23,26). The number of morpholine rings is 1. The number of aromatic nitrogens is 2. The molecule has 0 bridgehead atoms. The zero-order valence-electron chi connectivity index (χ0n) is 15.7. The lowest BCUT2D eigenvalue weighted by Gasteiger charge is -2.36. The highest BCUT2D eigenvalue weighted by Gasteiger charge is 2.27. The SMILES string of the molecule is CC1CN(c2nc3c(c(=O)[nH]2)CCN(Cc2ccccc2Cl)C3)CC(C)O1. The molecule has 0 saturated carbocycles. The van der Waals surface area contributed by atoms with E-state index in [0.29, 0.717) is 18.9 Å². The molecule has 2 atom stereocenters. The minimum Gasteiger partial charge on any atom is -0.372 e. The molecule has 2 aliphatic rings. The van der Waals surface area contributed by atoms with Crippen LogP contribution < -0.4 is 10.5 Å². The van der Waals surface area contributed by atoms with Crippen LogP contribution in [-0.2, 0) is 24.2 Å². The lowest BCUT2D eigenvalue weighted by atomic mass is 10.1. The Kier molecular flexibility index (Phi) is 5.21. The van der Waals surface area contributed by atoms with Gasteiger partial charge in [-0.15, -0.1) is 0 Å². The first kappa shape index (κ1) is 18.5. The van der Waals surface area contributed by atoms with Crippen molar-refractivity contribution in [3.8, 4) is 0 Å². The van der Waals surface area contributed by atoms with Crippen molar-refractivity contribution in [3.05, 3.63) is 56.5 Å². The molecule has 4 rings (SSSR count). The predicted octanol–water partition coefficient (Wildman–Crippen LogP) is 2.60. The van der Waals surface area contributed by atoms with Gasteiger partial charge in [0.2, 0.25) is 5.95 Å². The summed E-state index contributed by atoms with van der Waals surface area (Å²) in [5.74, 6) is 0.653. The maximum atomic E-state index is 12.6. The quantitative estimate of drug-likeness (QED) is 0.875. The Bertz CT molecular complexity index is 875. The van der Waals surface area contributed by atoms with Crippen LogP contribution in [0.25, 0.3) is 0 Å². The zero-order valence-corrected chi connectivity index (χ0v) is 16.5. The van der Waals surface area contributed by atoms with E-state index in [4.69, 9.17) is 21.3 Å². The van der Waals surface area contributed by atoms with Gasteiger partial charge in [-0.2, -0.15) is 0 Å². The average Bonchev–Trinajstić information content (AvgIpc) is 2.62. The molecule has 2 unspecified atom stereocenters. The molecule has 7 heteroatoms. The van der Waals surface area contributed by atoms with Crippen LogP contribution in [0.5, 0.6) is 0 Å². The van der Waals surface area contributed by atoms with E-state index < -0.39 is 0 Å². The fourth-order valence-corrected chi connectivity index (χ4v) is 4.18. The van der Waals surface area contributed by atoms with Gasteiger partial charge in [0.1, 0.15) is 0 Å². The molecule has 0 aliphatic carbocycles. The number of hydrogen-bond donors (Lipinski definition) is 1. The van der Waals surface area contributed by atoms with Crippen LogP contribution >= 0.6 is 11.6 Å². The Morgan fingerprint density at radius 1 is 1.26 bits per heavy atom. The topological polar surface area (TPSA) is 61.5 Å². The Hall–Kier alpha value is -1.89. The van der Waals surface area contributed by atoms with Crippen molar-refractivity contribution >= 4 is 17.5 Å². The molecule has 1 fully saturated rings. The maximum Gasteiger partial charge on any atom is 0.255 e. The van der Waals surface area contributed by atoms with E-state index in [9.17, 15) is 4.79 Å². The van der Waals surface area contributed by atoms with Crippen LogP contribution in [0, 0.1) is 0 Å². The number of nitrogens with zero attached hydrogens (tertiary/aromatic N) is 3. The smallest absolute Gasteiger partial charge is 0.255 e. The number of hydrogen-bond acceptors (Lipinski definition) is 5. The molecule has 2 aliphatic heterocycles. The lowest BCUT2D eigenvalue weighted by molar-refractivity contribution is -0.00576. The van der Waals surface area contributed by atoms with Gasteiger partial charge < -0.3 is 9.64 Å². The second kappa shape index (κ2) is 7.62. The second-order valence-corrected chi connectivity index (χ2v) is 7.94. The van der Waals surface area contributed by atoms with E-state index >= 15 is 0 Å². The molecular formula is C20H25ClN4O2. The summed E-state index contributed by atoms with van der Waals surface area (Å²) in [4.78, 5) is 24.8. The van der Waals surface area contributed by atoms with Crippen LogP contribution in [0.1, 0.15) is 30.7 Å². The number of halogens is 1. The van der Waals surface area contributed by atoms with Crippen molar-refractivity contribution in [1.82, 2.24) is 14.9 Å². The van der Waals surface area contributed by atoms with E-state index in [2.05, 4.69) is 14.8 Å². The van der Waals surface area contributed by atoms with E-state index in [0.717, 1.165) is 48.0 Å². The molecule has 144 valence electrons. The van der Waals surface area contributed by atoms with Crippen molar-refractivity contribution in [2.75, 3.05) is 24.5 Å². The first-order chi connectivity index (χ1) is 13.0. The number of benzene rings is 1. The average molecular weight is 389 g/mol. The number of anilines is 1. The number of fused-ring (bicyclic) bond motifs is 1. The molecule has 1 aromatic carbocycles. The van der Waals surface area contributed by atoms with Gasteiger partial charge in [-0.25, -0.2) is 4.98 Å². The number of ether oxygens (including phenoxy) is 1. The van der Waals surface area contributed by atoms with Gasteiger partial charge in [-0.3, -0.25) is 14.7 Å². The third kappa shape index (κ3) is 4.03. The Morgan fingerprint density at radius 3 is 2.74 bits per heavy atom. The van der Waals surface area contributed by atoms with Crippen LogP contribution in [0.3, 0.4) is 0 Å². The number of H-pyrrole nitrogens is 1. The summed E-state index contributed by atoms with van der Waals surface area (Å²) in [6, 6.07) is 7.90. The molecule has 1 aromatic heterocycles. The minimum atomic E-state index is -0.0146. The maximum absolute atomic E-state index is 12.6. The zero-order chi connectivity index (χ0) is 19.0. The molecule has 6 nitrogen and oxygen atoms in total. The number of aromatic amines is 1. The van der Waals surface area contributed by atoms with Gasteiger partial charge in [0.25, 0.3) is 5.56 Å². The summed E-state index contributed by atoms with van der Waals surface area (Å²) in [7, 11) is 0. The van der Waals surface area contributed by atoms with Crippen LogP contribution in [0.2, 0.25) is 5.02 Å². The summed E-state index contributed by atoms with van der Waals surface area (Å²) < 4.78 is 5.79. The summed E-state index contributed by atoms with van der Waals surface area (Å²) in [5.41, 5.74) is 2.77. The predicted molar refractivity (Wildman–Crippen MR) is 106 cm³/mol. The molecule has 0 amide bonds. The summed E-state index contributed by atoms with van der Waals surface area (Å²) in [6.45, 7) is 7.80. The third-order valence-corrected chi connectivity index (χ3v) is 5.58. The molecule has 0 radical (unpaired) electrons. The molecule has 3 heterocycles. The van der Waals surface area contributed by atoms with Gasteiger partial charge in [0.05, 0.1) is 17.9 Å². The molecule has 1 N–H and O–H groups in total. The Labute approximate surface area is 164 Å². The van der Waals surface area contributed by atoms with Gasteiger partial charge in [-0.05, 0) is 31.9 Å². The molecule has 2 aromatic rings. The molecular weight excluding hydrogens is 364 g/mol. The molecule has 1 saturated heterocycles. The van der Waals surface area contributed by atoms with E-state index in [1.54, 1.807) is 0 Å². The summed E-state index contributed by atoms with van der Waals surface area (Å²) in [5, 5.41) is 0.777. The first-order valence-corrected chi connectivity index (χ1v) is 9.85. The van der Waals surface area contributed by atoms with Crippen LogP contribution in [-0.4, -0.2) is 46.7 Å². The molecule has 27 heavy (non-hydrogen) atoms. The van der Waals surface area contributed by atoms with Crippen LogP contribution in [0.15, 0.2) is 29.1 Å². The molecule has 0 spiro atoms. The third-order valence-electron chi connectivity index (χ3n) is 5.21. The summed E-state index contributed by atoms with van der Waals surface area (Å²) in [6.07, 6.45) is 0.941. The fraction of sp³-hybridized carbons (Fsp3) is 0.500. The van der Waals surface area contributed by atoms with Crippen molar-refractivity contribution in [1.29, 1.82) is 0 Å². The first-order valence-electron chi connectivity index (χ1n) is 9.48. The van der Waals surface area contributed by atoms with Gasteiger partial charge in [-0.1, -0.05) is 29.8 Å². The fourth-order valence-electron chi connectivity index (χ4n) is 3.98. The van der Waals surface area contributed by atoms with Crippen molar-refractivity contribution in [2.24, 2.45) is 0 Å². The normalized spacial score (nSPS) is 23.3. The highest BCUT2D eigenvalue weighted by atomic mass is 35.5. The Morgan fingerprint density at radius 2 is 2.00 bits per heavy atom. The summed E-state index contributed by atoms with van der Waals surface area (Å²) >= 11 is 6.31. The van der Waals surface area contributed by atoms with E-state index in [1.165, 1.54) is 0 Å². The highest BCUT2D eigenvalue weighted by Crippen LogP contribution is 2.23. The Balaban J connectivity index is 1.56. The van der Waals surface area contributed by atoms with Crippen molar-refractivity contribution in [2.45, 2.75) is 45.6 Å². The van der Waals surface area contributed by atoms with Crippen molar-refractivity contribution in [3.63, 3.8) is 0 Å². The van der Waals surface area contributed by atoms with Crippen LogP contribution in [0.4, 0.5) is 5.95 Å². The van der Waals surface area contributed by atoms with Gasteiger partial charge in [0, 0.05) is 43.3 Å². The van der Waals surface area contributed by atoms with E-state index in [-0.39, 0.29) is 17.8 Å². The highest BCUT2D eigenvalue weighted by molar-refractivity contribution is 6.31. The largest absolute Gasteiger partial charge is 0.372 e. The van der Waals surface area contributed by atoms with Crippen molar-refractivity contribution < 1.29 is 4.74 Å². The monoisotopic (exact) mass is 388 g/mol. The minimum absolute atomic E-state index is 0.0146. The number of nitrogens with one attached hydrogen (secondary N) is 1. The van der Waals surface area contributed by atoms with Gasteiger partial charge >= 0.3 is 0 Å². The number of rotatable bonds is 3.